The molecule has 1 atom stereocenters. The van der Waals surface area contributed by atoms with Crippen molar-refractivity contribution in [3.05, 3.63) is 89.0 Å². The molecule has 3 aliphatic rings. The normalized spacial score (nSPS) is 19.0. The average Bonchev–Trinajstić information content (AvgIpc) is 3.50. The molecule has 0 bridgehead atoms. The summed E-state index contributed by atoms with van der Waals surface area (Å²) in [6, 6.07) is 11.1. The number of nitrogens with two attached hydrogens (primary N) is 1. The number of nitrogens with zero attached hydrogens (tertiary/aromatic N) is 5. The molecule has 10 heteroatoms. The Balaban J connectivity index is 1.36. The second-order valence-electron chi connectivity index (χ2n) is 8.87. The zero-order valence-electron chi connectivity index (χ0n) is 20.2. The topological polar surface area (TPSA) is 119 Å². The number of aliphatic imine (C=N–C) groups is 1. The average molecular weight is 485 g/mol. The van der Waals surface area contributed by atoms with Crippen molar-refractivity contribution in [1.82, 2.24) is 25.3 Å². The zero-order valence-corrected chi connectivity index (χ0v) is 20.2. The van der Waals surface area contributed by atoms with E-state index in [1.54, 1.807) is 43.0 Å². The first-order valence-corrected chi connectivity index (χ1v) is 11.8. The van der Waals surface area contributed by atoms with Gasteiger partial charge in [-0.15, -0.1) is 0 Å². The molecule has 10 nitrogen and oxygen atoms in total. The highest BCUT2D eigenvalue weighted by atomic mass is 16.2. The molecule has 2 amide bonds. The summed E-state index contributed by atoms with van der Waals surface area (Å²) < 4.78 is 0. The highest BCUT2D eigenvalue weighted by molar-refractivity contribution is 6.04. The van der Waals surface area contributed by atoms with Crippen LogP contribution in [0.15, 0.2) is 77.3 Å². The molecule has 0 unspecified atom stereocenters. The van der Waals surface area contributed by atoms with Crippen molar-refractivity contribution in [2.75, 3.05) is 18.4 Å². The van der Waals surface area contributed by atoms with Gasteiger partial charge in [-0.3, -0.25) is 25.0 Å². The monoisotopic (exact) mass is 484 g/mol. The van der Waals surface area contributed by atoms with Gasteiger partial charge in [0.1, 0.15) is 23.6 Å². The molecule has 1 aromatic heterocycles. The van der Waals surface area contributed by atoms with E-state index in [9.17, 15) is 9.59 Å². The van der Waals surface area contributed by atoms with Crippen LogP contribution in [-0.4, -0.2) is 57.2 Å². The second kappa shape index (κ2) is 9.67. The molecule has 184 valence electrons. The third-order valence-electron chi connectivity index (χ3n) is 6.36. The summed E-state index contributed by atoms with van der Waals surface area (Å²) in [4.78, 5) is 35.3. The number of aryl methyl sites for hydroxylation is 1. The number of pyridine rings is 1. The minimum absolute atomic E-state index is 0.0124. The van der Waals surface area contributed by atoms with Crippen LogP contribution in [0.4, 0.5) is 5.82 Å². The SMILES string of the molecule is CC=CC(=O)N1CC[C@@H](N2NC(c3ccc(C(=O)Nc4cc(C)ccn4)cc3)=C3C2=CN=CN3N)C1. The summed E-state index contributed by atoms with van der Waals surface area (Å²) in [5.74, 6) is 6.56. The Kier molecular flexibility index (Phi) is 6.26. The smallest absolute Gasteiger partial charge is 0.256 e. The number of amides is 2. The fraction of sp³-hybridized carbons (Fsp3) is 0.231. The number of hydrogen-bond donors (Lipinski definition) is 3. The summed E-state index contributed by atoms with van der Waals surface area (Å²) >= 11 is 0. The zero-order chi connectivity index (χ0) is 25.2. The number of likely N-dealkylation sites (tertiary alicyclic amines) is 1. The Hall–Kier alpha value is -4.44. The molecule has 1 saturated heterocycles. The minimum atomic E-state index is -0.235. The van der Waals surface area contributed by atoms with E-state index >= 15 is 0 Å². The molecule has 3 aliphatic heterocycles. The van der Waals surface area contributed by atoms with E-state index in [1.807, 2.05) is 48.0 Å². The molecule has 1 aromatic carbocycles. The molecule has 0 aliphatic carbocycles. The molecule has 0 saturated carbocycles. The van der Waals surface area contributed by atoms with Crippen LogP contribution in [0.25, 0.3) is 5.70 Å². The Morgan fingerprint density at radius 2 is 2.03 bits per heavy atom. The van der Waals surface area contributed by atoms with Gasteiger partial charge in [-0.2, -0.15) is 0 Å². The molecule has 4 N–H and O–H groups in total. The lowest BCUT2D eigenvalue weighted by Crippen LogP contribution is -2.43. The maximum Gasteiger partial charge on any atom is 0.256 e. The quantitative estimate of drug-likeness (QED) is 0.440. The minimum Gasteiger partial charge on any atom is -0.337 e. The fourth-order valence-corrected chi connectivity index (χ4v) is 4.57. The van der Waals surface area contributed by atoms with Gasteiger partial charge in [0.2, 0.25) is 5.91 Å². The first-order valence-electron chi connectivity index (χ1n) is 11.8. The summed E-state index contributed by atoms with van der Waals surface area (Å²) in [6.07, 6.45) is 9.15. The summed E-state index contributed by atoms with van der Waals surface area (Å²) in [6.45, 7) is 5.06. The first kappa shape index (κ1) is 23.3. The number of hydrazine groups is 2. The Bertz CT molecular complexity index is 1310. The maximum absolute atomic E-state index is 12.7. The van der Waals surface area contributed by atoms with Crippen molar-refractivity contribution in [3.8, 4) is 0 Å². The van der Waals surface area contributed by atoms with Gasteiger partial charge in [0.15, 0.2) is 0 Å². The van der Waals surface area contributed by atoms with E-state index in [-0.39, 0.29) is 17.9 Å². The number of fused-ring (bicyclic) bond motifs is 1. The van der Waals surface area contributed by atoms with Crippen molar-refractivity contribution < 1.29 is 9.59 Å². The number of carbonyl (C=O) groups is 2. The number of allylic oxidation sites excluding steroid dienone is 1. The van der Waals surface area contributed by atoms with Gasteiger partial charge in [0, 0.05) is 30.4 Å². The first-order chi connectivity index (χ1) is 17.4. The van der Waals surface area contributed by atoms with Crippen LogP contribution in [-0.2, 0) is 4.79 Å². The maximum atomic E-state index is 12.7. The van der Waals surface area contributed by atoms with E-state index in [4.69, 9.17) is 5.84 Å². The predicted octanol–water partition coefficient (Wildman–Crippen LogP) is 2.37. The third-order valence-corrected chi connectivity index (χ3v) is 6.36. The lowest BCUT2D eigenvalue weighted by molar-refractivity contribution is -0.125. The summed E-state index contributed by atoms with van der Waals surface area (Å²) in [5.41, 5.74) is 8.32. The van der Waals surface area contributed by atoms with Crippen LogP contribution in [0.3, 0.4) is 0 Å². The molecule has 1 fully saturated rings. The lowest BCUT2D eigenvalue weighted by Gasteiger charge is -2.30. The highest BCUT2D eigenvalue weighted by Gasteiger charge is 2.39. The van der Waals surface area contributed by atoms with Crippen LogP contribution in [0.5, 0.6) is 0 Å². The molecule has 36 heavy (non-hydrogen) atoms. The van der Waals surface area contributed by atoms with Gasteiger partial charge in [0.25, 0.3) is 5.91 Å². The highest BCUT2D eigenvalue weighted by Crippen LogP contribution is 2.36. The predicted molar refractivity (Wildman–Crippen MR) is 138 cm³/mol. The van der Waals surface area contributed by atoms with Crippen molar-refractivity contribution >= 4 is 29.7 Å². The molecular formula is C26H28N8O2. The number of hydrogen-bond acceptors (Lipinski definition) is 8. The lowest BCUT2D eigenvalue weighted by atomic mass is 10.1. The molecule has 0 spiro atoms. The van der Waals surface area contributed by atoms with Crippen LogP contribution < -0.4 is 16.6 Å². The molecular weight excluding hydrogens is 456 g/mol. The summed E-state index contributed by atoms with van der Waals surface area (Å²) in [7, 11) is 0. The second-order valence-corrected chi connectivity index (χ2v) is 8.87. The number of nitrogens with one attached hydrogen (secondary N) is 2. The molecule has 0 radical (unpaired) electrons. The van der Waals surface area contributed by atoms with Crippen molar-refractivity contribution in [3.63, 3.8) is 0 Å². The number of aromatic nitrogens is 1. The van der Waals surface area contributed by atoms with E-state index in [1.165, 1.54) is 5.01 Å². The van der Waals surface area contributed by atoms with Crippen LogP contribution >= 0.6 is 0 Å². The summed E-state index contributed by atoms with van der Waals surface area (Å²) in [5, 5.41) is 6.35. The van der Waals surface area contributed by atoms with Crippen LogP contribution in [0.2, 0.25) is 0 Å². The third kappa shape index (κ3) is 4.46. The fourth-order valence-electron chi connectivity index (χ4n) is 4.57. The Morgan fingerprint density at radius 3 is 2.78 bits per heavy atom. The Morgan fingerprint density at radius 1 is 1.22 bits per heavy atom. The van der Waals surface area contributed by atoms with Gasteiger partial charge in [-0.05, 0) is 56.2 Å². The number of anilines is 1. The number of rotatable bonds is 5. The van der Waals surface area contributed by atoms with Gasteiger partial charge < -0.3 is 10.2 Å². The van der Waals surface area contributed by atoms with Crippen molar-refractivity contribution in [2.45, 2.75) is 26.3 Å². The molecule has 2 aromatic rings. The largest absolute Gasteiger partial charge is 0.337 e. The van der Waals surface area contributed by atoms with E-state index in [0.29, 0.717) is 24.5 Å². The van der Waals surface area contributed by atoms with E-state index < -0.39 is 0 Å². The molecule has 5 rings (SSSR count). The van der Waals surface area contributed by atoms with Crippen LogP contribution in [0.1, 0.15) is 34.8 Å². The van der Waals surface area contributed by atoms with Gasteiger partial charge in [0.05, 0.1) is 17.9 Å². The van der Waals surface area contributed by atoms with Gasteiger partial charge in [-0.1, -0.05) is 18.2 Å². The Labute approximate surface area is 209 Å². The van der Waals surface area contributed by atoms with Gasteiger partial charge >= 0.3 is 0 Å². The van der Waals surface area contributed by atoms with E-state index in [0.717, 1.165) is 34.6 Å². The standard InChI is InChI=1S/C26H28N8O2/c1-3-4-23(35)32-12-10-20(15-32)34-21-14-28-16-33(27)25(21)24(31-34)18-5-7-19(8-6-18)26(36)30-22-13-17(2)9-11-29-22/h3-9,11,13-14,16,20,31H,10,12,15,27H2,1-2H3,(H,29,30,36)/t20-/m1/s1. The van der Waals surface area contributed by atoms with Gasteiger partial charge in [-0.25, -0.2) is 15.8 Å². The number of carbonyl (C=O) groups excluding carboxylic acids is 2. The van der Waals surface area contributed by atoms with Crippen molar-refractivity contribution in [2.24, 2.45) is 10.8 Å². The van der Waals surface area contributed by atoms with Crippen LogP contribution in [0, 0.1) is 6.92 Å². The van der Waals surface area contributed by atoms with E-state index in [2.05, 4.69) is 20.7 Å². The molecule has 4 heterocycles. The van der Waals surface area contributed by atoms with Crippen molar-refractivity contribution in [1.29, 1.82) is 0 Å². The number of benzene rings is 1.